The van der Waals surface area contributed by atoms with Gasteiger partial charge in [0, 0.05) is 22.9 Å². The summed E-state index contributed by atoms with van der Waals surface area (Å²) in [4.78, 5) is 12.6. The normalized spacial score (nSPS) is 14.8. The molecule has 0 spiro atoms. The van der Waals surface area contributed by atoms with Crippen molar-refractivity contribution in [3.63, 3.8) is 0 Å². The van der Waals surface area contributed by atoms with Crippen LogP contribution in [0.1, 0.15) is 51.5 Å². The largest absolute Gasteiger partial charge is 0.505 e. The van der Waals surface area contributed by atoms with E-state index in [0.29, 0.717) is 22.5 Å². The zero-order chi connectivity index (χ0) is 23.2. The summed E-state index contributed by atoms with van der Waals surface area (Å²) >= 11 is 0. The first-order valence-corrected chi connectivity index (χ1v) is 11.7. The lowest BCUT2D eigenvalue weighted by Crippen LogP contribution is -2.37. The average molecular weight is 446 g/mol. The van der Waals surface area contributed by atoms with Gasteiger partial charge in [0.1, 0.15) is 11.4 Å². The van der Waals surface area contributed by atoms with Gasteiger partial charge in [-0.3, -0.25) is 4.79 Å². The SMILES string of the molecule is CC(C)Oc1cc(N=Nc2ccccc2CC(=O)NC2CCCCC2)c(O)c2ccccc12. The molecular weight excluding hydrogens is 414 g/mol. The molecular formula is C27H31N3O3. The summed E-state index contributed by atoms with van der Waals surface area (Å²) in [5.41, 5.74) is 1.73. The lowest BCUT2D eigenvalue weighted by atomic mass is 9.95. The number of hydrogen-bond donors (Lipinski definition) is 2. The third-order valence-electron chi connectivity index (χ3n) is 5.90. The molecule has 1 fully saturated rings. The van der Waals surface area contributed by atoms with Gasteiger partial charge < -0.3 is 15.2 Å². The highest BCUT2D eigenvalue weighted by Gasteiger charge is 2.17. The van der Waals surface area contributed by atoms with Crippen molar-refractivity contribution in [3.05, 3.63) is 60.2 Å². The van der Waals surface area contributed by atoms with E-state index in [1.54, 1.807) is 6.07 Å². The van der Waals surface area contributed by atoms with Crippen LogP contribution < -0.4 is 10.1 Å². The molecule has 33 heavy (non-hydrogen) atoms. The lowest BCUT2D eigenvalue weighted by Gasteiger charge is -2.22. The van der Waals surface area contributed by atoms with E-state index in [9.17, 15) is 9.90 Å². The number of aromatic hydroxyl groups is 1. The van der Waals surface area contributed by atoms with Gasteiger partial charge in [0.15, 0.2) is 5.75 Å². The van der Waals surface area contributed by atoms with Crippen LogP contribution in [0.15, 0.2) is 64.8 Å². The molecule has 6 heteroatoms. The molecule has 1 aliphatic carbocycles. The van der Waals surface area contributed by atoms with Crippen LogP contribution in [0.25, 0.3) is 10.8 Å². The number of benzene rings is 3. The standard InChI is InChI=1S/C27H31N3O3/c1-18(2)33-25-17-24(27(32)22-14-8-7-13-21(22)25)30-29-23-15-9-6-10-19(23)16-26(31)28-20-11-4-3-5-12-20/h6-10,13-15,17-18,20,32H,3-5,11-12,16H2,1-2H3,(H,28,31). The second-order valence-electron chi connectivity index (χ2n) is 8.86. The minimum Gasteiger partial charge on any atom is -0.505 e. The fraction of sp³-hybridized carbons (Fsp3) is 0.370. The van der Waals surface area contributed by atoms with Crippen LogP contribution in [0.5, 0.6) is 11.5 Å². The van der Waals surface area contributed by atoms with Gasteiger partial charge in [-0.1, -0.05) is 61.7 Å². The molecule has 1 amide bonds. The summed E-state index contributed by atoms with van der Waals surface area (Å²) in [7, 11) is 0. The Kier molecular flexibility index (Phi) is 7.23. The molecule has 6 nitrogen and oxygen atoms in total. The maximum absolute atomic E-state index is 12.6. The number of carbonyl (C=O) groups excluding carboxylic acids is 1. The van der Waals surface area contributed by atoms with E-state index in [1.165, 1.54) is 19.3 Å². The molecule has 0 aromatic heterocycles. The van der Waals surface area contributed by atoms with Crippen molar-refractivity contribution in [2.45, 2.75) is 64.5 Å². The van der Waals surface area contributed by atoms with Gasteiger partial charge in [-0.15, -0.1) is 5.11 Å². The number of phenols is 1. The number of nitrogens with zero attached hydrogens (tertiary/aromatic N) is 2. The maximum Gasteiger partial charge on any atom is 0.224 e. The van der Waals surface area contributed by atoms with Crippen molar-refractivity contribution in [3.8, 4) is 11.5 Å². The van der Waals surface area contributed by atoms with Crippen LogP contribution in [0, 0.1) is 0 Å². The highest BCUT2D eigenvalue weighted by atomic mass is 16.5. The number of nitrogens with one attached hydrogen (secondary N) is 1. The molecule has 3 aromatic carbocycles. The number of ether oxygens (including phenoxy) is 1. The van der Waals surface area contributed by atoms with E-state index < -0.39 is 0 Å². The van der Waals surface area contributed by atoms with Gasteiger partial charge in [-0.25, -0.2) is 0 Å². The topological polar surface area (TPSA) is 83.3 Å². The van der Waals surface area contributed by atoms with Crippen molar-refractivity contribution >= 4 is 28.1 Å². The number of carbonyl (C=O) groups is 1. The van der Waals surface area contributed by atoms with Crippen molar-refractivity contribution < 1.29 is 14.6 Å². The summed E-state index contributed by atoms with van der Waals surface area (Å²) in [5, 5.41) is 24.2. The molecule has 3 aromatic rings. The van der Waals surface area contributed by atoms with E-state index in [2.05, 4.69) is 15.5 Å². The molecule has 0 radical (unpaired) electrons. The van der Waals surface area contributed by atoms with E-state index in [1.807, 2.05) is 62.4 Å². The minimum atomic E-state index is -0.0221. The van der Waals surface area contributed by atoms with Gasteiger partial charge in [0.25, 0.3) is 0 Å². The van der Waals surface area contributed by atoms with Crippen LogP contribution in [0.4, 0.5) is 11.4 Å². The summed E-state index contributed by atoms with van der Waals surface area (Å²) in [6.45, 7) is 3.91. The van der Waals surface area contributed by atoms with Gasteiger partial charge >= 0.3 is 0 Å². The van der Waals surface area contributed by atoms with Crippen LogP contribution in [-0.4, -0.2) is 23.2 Å². The Labute approximate surface area is 194 Å². The number of phenolic OH excluding ortho intramolecular Hbond substituents is 1. The van der Waals surface area contributed by atoms with E-state index in [4.69, 9.17) is 4.74 Å². The summed E-state index contributed by atoms with van der Waals surface area (Å²) < 4.78 is 5.96. The monoisotopic (exact) mass is 445 g/mol. The van der Waals surface area contributed by atoms with E-state index >= 15 is 0 Å². The third-order valence-corrected chi connectivity index (χ3v) is 5.90. The van der Waals surface area contributed by atoms with Crippen molar-refractivity contribution in [1.82, 2.24) is 5.32 Å². The molecule has 1 aliphatic rings. The summed E-state index contributed by atoms with van der Waals surface area (Å²) in [6, 6.07) is 17.0. The second kappa shape index (κ2) is 10.5. The average Bonchev–Trinajstić information content (AvgIpc) is 2.81. The fourth-order valence-corrected chi connectivity index (χ4v) is 4.30. The molecule has 0 atom stereocenters. The van der Waals surface area contributed by atoms with Crippen LogP contribution in [0.2, 0.25) is 0 Å². The van der Waals surface area contributed by atoms with Gasteiger partial charge in [-0.2, -0.15) is 5.11 Å². The van der Waals surface area contributed by atoms with Crippen LogP contribution >= 0.6 is 0 Å². The Hall–Kier alpha value is -3.41. The second-order valence-corrected chi connectivity index (χ2v) is 8.86. The number of fused-ring (bicyclic) bond motifs is 1. The molecule has 172 valence electrons. The van der Waals surface area contributed by atoms with Gasteiger partial charge in [-0.05, 0) is 38.3 Å². The zero-order valence-corrected chi connectivity index (χ0v) is 19.3. The molecule has 0 unspecified atom stereocenters. The molecule has 2 N–H and O–H groups in total. The molecule has 0 heterocycles. The summed E-state index contributed by atoms with van der Waals surface area (Å²) in [6.07, 6.45) is 5.93. The Morgan fingerprint density at radius 3 is 2.42 bits per heavy atom. The van der Waals surface area contributed by atoms with E-state index in [-0.39, 0.29) is 30.2 Å². The summed E-state index contributed by atoms with van der Waals surface area (Å²) in [5.74, 6) is 0.705. The Morgan fingerprint density at radius 2 is 1.67 bits per heavy atom. The number of amides is 1. The lowest BCUT2D eigenvalue weighted by molar-refractivity contribution is -0.121. The minimum absolute atomic E-state index is 0.00530. The van der Waals surface area contributed by atoms with Crippen molar-refractivity contribution in [1.29, 1.82) is 0 Å². The molecule has 1 saturated carbocycles. The van der Waals surface area contributed by atoms with Gasteiger partial charge in [0.05, 0.1) is 18.2 Å². The highest BCUT2D eigenvalue weighted by Crippen LogP contribution is 2.41. The molecule has 0 saturated heterocycles. The third kappa shape index (κ3) is 5.69. The predicted octanol–water partition coefficient (Wildman–Crippen LogP) is 6.74. The molecule has 0 aliphatic heterocycles. The molecule has 4 rings (SSSR count). The van der Waals surface area contributed by atoms with Crippen molar-refractivity contribution in [2.24, 2.45) is 10.2 Å². The zero-order valence-electron chi connectivity index (χ0n) is 19.3. The predicted molar refractivity (Wildman–Crippen MR) is 131 cm³/mol. The smallest absolute Gasteiger partial charge is 0.224 e. The number of hydrogen-bond acceptors (Lipinski definition) is 5. The van der Waals surface area contributed by atoms with Crippen LogP contribution in [-0.2, 0) is 11.2 Å². The maximum atomic E-state index is 12.6. The highest BCUT2D eigenvalue weighted by molar-refractivity contribution is 5.97. The quantitative estimate of drug-likeness (QED) is 0.395. The van der Waals surface area contributed by atoms with E-state index in [0.717, 1.165) is 23.8 Å². The first-order valence-electron chi connectivity index (χ1n) is 11.7. The Bertz CT molecular complexity index is 1150. The number of azo groups is 1. The Morgan fingerprint density at radius 1 is 1.00 bits per heavy atom. The Balaban J connectivity index is 1.58. The molecule has 0 bridgehead atoms. The number of rotatable bonds is 7. The first-order chi connectivity index (χ1) is 16.0. The van der Waals surface area contributed by atoms with Crippen LogP contribution in [0.3, 0.4) is 0 Å². The fourth-order valence-electron chi connectivity index (χ4n) is 4.30. The first kappa shape index (κ1) is 22.8. The van der Waals surface area contributed by atoms with Gasteiger partial charge in [0.2, 0.25) is 5.91 Å². The van der Waals surface area contributed by atoms with Crippen molar-refractivity contribution in [2.75, 3.05) is 0 Å².